The second kappa shape index (κ2) is 6.42. The van der Waals surface area contributed by atoms with Crippen LogP contribution in [0.5, 0.6) is 11.5 Å². The van der Waals surface area contributed by atoms with Gasteiger partial charge in [-0.15, -0.1) is 0 Å². The van der Waals surface area contributed by atoms with Crippen molar-refractivity contribution < 1.29 is 27.8 Å². The molecule has 1 aromatic carbocycles. The summed E-state index contributed by atoms with van der Waals surface area (Å²) in [5, 5.41) is 13.7. The van der Waals surface area contributed by atoms with E-state index in [2.05, 4.69) is 5.10 Å². The van der Waals surface area contributed by atoms with Crippen LogP contribution in [0.3, 0.4) is 0 Å². The Morgan fingerprint density at radius 3 is 2.61 bits per heavy atom. The molecule has 0 saturated carbocycles. The Balaban J connectivity index is 1.97. The topological polar surface area (TPSA) is 113 Å². The van der Waals surface area contributed by atoms with Crippen molar-refractivity contribution in [3.05, 3.63) is 34.7 Å². The van der Waals surface area contributed by atoms with E-state index < -0.39 is 16.0 Å². The quantitative estimate of drug-likeness (QED) is 0.667. The van der Waals surface area contributed by atoms with Crippen molar-refractivity contribution in [2.75, 3.05) is 6.79 Å². The van der Waals surface area contributed by atoms with Crippen molar-refractivity contribution in [3.63, 3.8) is 0 Å². The van der Waals surface area contributed by atoms with Crippen molar-refractivity contribution >= 4 is 38.5 Å². The number of hydrogen-bond donors (Lipinski definition) is 1. The minimum Gasteiger partial charge on any atom is -0.481 e. The van der Waals surface area contributed by atoms with Gasteiger partial charge in [0.05, 0.1) is 11.2 Å². The summed E-state index contributed by atoms with van der Waals surface area (Å²) in [5.74, 6) is -0.0775. The van der Waals surface area contributed by atoms with Gasteiger partial charge in [-0.05, 0) is 25.0 Å². The molecule has 1 N–H and O–H groups in total. The number of carbonyl (C=O) groups is 1. The first-order valence-electron chi connectivity index (χ1n) is 8.30. The maximum Gasteiger partial charge on any atom is 0.303 e. The molecule has 9 nitrogen and oxygen atoms in total. The summed E-state index contributed by atoms with van der Waals surface area (Å²) in [4.78, 5) is 10.9. The van der Waals surface area contributed by atoms with E-state index in [1.165, 1.54) is 10.9 Å². The lowest BCUT2D eigenvalue weighted by Gasteiger charge is -2.08. The fraction of sp³-hybridized carbons (Fsp3) is 0.294. The first-order chi connectivity index (χ1) is 13.2. The minimum absolute atomic E-state index is 0.00724. The standard InChI is InChI=1S/C17H16ClN3O6S/c1-9-16(17(18)20(2)19-9)28(24,25)21-7-10(3-4-15(22)23)11-5-13-14(6-12(11)21)27-8-26-13/h5-7H,3-4,8H2,1-2H3,(H,22,23). The number of hydrogen-bond acceptors (Lipinski definition) is 6. The molecule has 11 heteroatoms. The third kappa shape index (κ3) is 2.80. The summed E-state index contributed by atoms with van der Waals surface area (Å²) >= 11 is 6.19. The Morgan fingerprint density at radius 2 is 2.00 bits per heavy atom. The number of aliphatic carboxylic acids is 1. The normalized spacial score (nSPS) is 13.4. The van der Waals surface area contributed by atoms with E-state index in [1.807, 2.05) is 0 Å². The second-order valence-electron chi connectivity index (χ2n) is 6.40. The number of benzene rings is 1. The van der Waals surface area contributed by atoms with Gasteiger partial charge in [0.1, 0.15) is 10.0 Å². The first-order valence-corrected chi connectivity index (χ1v) is 10.1. The average molecular weight is 426 g/mol. The molecule has 3 heterocycles. The van der Waals surface area contributed by atoms with Crippen LogP contribution in [0, 0.1) is 6.92 Å². The SMILES string of the molecule is Cc1nn(C)c(Cl)c1S(=O)(=O)n1cc(CCC(=O)O)c2cc3c(cc21)OCO3. The molecule has 28 heavy (non-hydrogen) atoms. The molecule has 0 saturated heterocycles. The molecule has 0 aliphatic carbocycles. The fourth-order valence-electron chi connectivity index (χ4n) is 3.29. The Labute approximate surface area is 165 Å². The highest BCUT2D eigenvalue weighted by atomic mass is 35.5. The van der Waals surface area contributed by atoms with Gasteiger partial charge >= 0.3 is 5.97 Å². The molecule has 4 rings (SSSR count). The number of rotatable bonds is 5. The number of nitrogens with zero attached hydrogens (tertiary/aromatic N) is 3. The molecular weight excluding hydrogens is 410 g/mol. The zero-order chi connectivity index (χ0) is 20.2. The van der Waals surface area contributed by atoms with Gasteiger partial charge in [0, 0.05) is 31.1 Å². The Kier molecular flexibility index (Phi) is 4.27. The van der Waals surface area contributed by atoms with Crippen LogP contribution < -0.4 is 9.47 Å². The Morgan fingerprint density at radius 1 is 1.32 bits per heavy atom. The molecule has 0 amide bonds. The summed E-state index contributed by atoms with van der Waals surface area (Å²) in [5.41, 5.74) is 1.18. The van der Waals surface area contributed by atoms with Crippen molar-refractivity contribution in [3.8, 4) is 11.5 Å². The lowest BCUT2D eigenvalue weighted by Crippen LogP contribution is -2.13. The molecule has 1 aliphatic heterocycles. The number of aromatic nitrogens is 3. The van der Waals surface area contributed by atoms with Crippen molar-refractivity contribution in [1.29, 1.82) is 0 Å². The van der Waals surface area contributed by atoms with Crippen molar-refractivity contribution in [1.82, 2.24) is 13.8 Å². The molecule has 2 aromatic heterocycles. The molecular formula is C17H16ClN3O6S. The van der Waals surface area contributed by atoms with Gasteiger partial charge in [0.2, 0.25) is 6.79 Å². The maximum absolute atomic E-state index is 13.4. The van der Waals surface area contributed by atoms with Crippen molar-refractivity contribution in [2.45, 2.75) is 24.7 Å². The van der Waals surface area contributed by atoms with E-state index in [-0.39, 0.29) is 35.4 Å². The molecule has 148 valence electrons. The number of carboxylic acids is 1. The molecule has 0 spiro atoms. The van der Waals surface area contributed by atoms with Crippen LogP contribution in [0.2, 0.25) is 5.15 Å². The Hall–Kier alpha value is -2.72. The molecule has 0 fully saturated rings. The van der Waals surface area contributed by atoms with E-state index in [0.29, 0.717) is 28.0 Å². The van der Waals surface area contributed by atoms with Gasteiger partial charge < -0.3 is 14.6 Å². The highest BCUT2D eigenvalue weighted by Crippen LogP contribution is 2.40. The zero-order valence-corrected chi connectivity index (χ0v) is 16.5. The summed E-state index contributed by atoms with van der Waals surface area (Å²) in [6.07, 6.45) is 1.44. The second-order valence-corrected chi connectivity index (χ2v) is 8.51. The van der Waals surface area contributed by atoms with Gasteiger partial charge in [0.15, 0.2) is 11.5 Å². The van der Waals surface area contributed by atoms with Crippen LogP contribution in [0.4, 0.5) is 0 Å². The lowest BCUT2D eigenvalue weighted by atomic mass is 10.1. The molecule has 0 unspecified atom stereocenters. The average Bonchev–Trinajstić information content (AvgIpc) is 3.27. The van der Waals surface area contributed by atoms with Gasteiger partial charge in [-0.3, -0.25) is 9.48 Å². The number of halogens is 1. The smallest absolute Gasteiger partial charge is 0.303 e. The van der Waals surface area contributed by atoms with Crippen LogP contribution in [0.15, 0.2) is 23.2 Å². The third-order valence-electron chi connectivity index (χ3n) is 4.57. The lowest BCUT2D eigenvalue weighted by molar-refractivity contribution is -0.136. The van der Waals surface area contributed by atoms with E-state index in [4.69, 9.17) is 26.2 Å². The number of carboxylic acid groups (broad SMARTS) is 1. The highest BCUT2D eigenvalue weighted by molar-refractivity contribution is 7.90. The third-order valence-corrected chi connectivity index (χ3v) is 6.94. The number of fused-ring (bicyclic) bond motifs is 2. The minimum atomic E-state index is -4.08. The summed E-state index contributed by atoms with van der Waals surface area (Å²) in [6, 6.07) is 3.23. The van der Waals surface area contributed by atoms with E-state index >= 15 is 0 Å². The summed E-state index contributed by atoms with van der Waals surface area (Å²) in [6.45, 7) is 1.59. The highest BCUT2D eigenvalue weighted by Gasteiger charge is 2.30. The molecule has 3 aromatic rings. The predicted molar refractivity (Wildman–Crippen MR) is 99.6 cm³/mol. The molecule has 0 bridgehead atoms. The predicted octanol–water partition coefficient (Wildman–Crippen LogP) is 2.32. The molecule has 0 atom stereocenters. The number of ether oxygens (including phenoxy) is 2. The zero-order valence-electron chi connectivity index (χ0n) is 15.0. The maximum atomic E-state index is 13.4. The largest absolute Gasteiger partial charge is 0.481 e. The van der Waals surface area contributed by atoms with E-state index in [1.54, 1.807) is 26.1 Å². The van der Waals surface area contributed by atoms with Gasteiger partial charge in [-0.1, -0.05) is 11.6 Å². The van der Waals surface area contributed by atoms with Crippen LogP contribution in [0.1, 0.15) is 17.7 Å². The number of aryl methyl sites for hydroxylation is 3. The molecule has 1 aliphatic rings. The molecule has 0 radical (unpaired) electrons. The fourth-order valence-corrected chi connectivity index (χ4v) is 5.39. The Bertz CT molecular complexity index is 1230. The summed E-state index contributed by atoms with van der Waals surface area (Å²) in [7, 11) is -2.53. The van der Waals surface area contributed by atoms with Crippen LogP contribution in [0.25, 0.3) is 10.9 Å². The summed E-state index contributed by atoms with van der Waals surface area (Å²) < 4.78 is 39.9. The van der Waals surface area contributed by atoms with Crippen LogP contribution >= 0.6 is 11.6 Å². The van der Waals surface area contributed by atoms with Crippen LogP contribution in [-0.2, 0) is 28.3 Å². The van der Waals surface area contributed by atoms with Crippen LogP contribution in [-0.4, -0.2) is 40.0 Å². The van der Waals surface area contributed by atoms with E-state index in [9.17, 15) is 13.2 Å². The first kappa shape index (κ1) is 18.6. The monoisotopic (exact) mass is 425 g/mol. The van der Waals surface area contributed by atoms with Crippen molar-refractivity contribution in [2.24, 2.45) is 7.05 Å². The van der Waals surface area contributed by atoms with Gasteiger partial charge in [-0.25, -0.2) is 12.4 Å². The van der Waals surface area contributed by atoms with Gasteiger partial charge in [-0.2, -0.15) is 5.10 Å². The van der Waals surface area contributed by atoms with Gasteiger partial charge in [0.25, 0.3) is 10.0 Å². The van der Waals surface area contributed by atoms with E-state index in [0.717, 1.165) is 3.97 Å².